The number of aliphatic carboxylic acids is 1. The largest absolute Gasteiger partial charge is 0.481 e. The number of amides is 1. The highest BCUT2D eigenvalue weighted by Crippen LogP contribution is 2.40. The number of halogens is 3. The number of carboxylic acid groups (broad SMARTS) is 1. The van der Waals surface area contributed by atoms with Crippen LogP contribution in [0.2, 0.25) is 0 Å². The van der Waals surface area contributed by atoms with Crippen molar-refractivity contribution in [2.45, 2.75) is 57.3 Å². The zero-order valence-electron chi connectivity index (χ0n) is 24.8. The third-order valence-corrected chi connectivity index (χ3v) is 8.32. The second-order valence-electron chi connectivity index (χ2n) is 12.0. The molecule has 0 spiro atoms. The van der Waals surface area contributed by atoms with Gasteiger partial charge in [-0.25, -0.2) is 0 Å². The highest BCUT2D eigenvalue weighted by Gasteiger charge is 2.35. The maximum atomic E-state index is 14.2. The number of rotatable bonds is 9. The van der Waals surface area contributed by atoms with Crippen molar-refractivity contribution < 1.29 is 32.3 Å². The quantitative estimate of drug-likeness (QED) is 0.180. The molecule has 2 aromatic heterocycles. The van der Waals surface area contributed by atoms with Crippen molar-refractivity contribution in [1.29, 1.82) is 0 Å². The minimum Gasteiger partial charge on any atom is -0.481 e. The summed E-state index contributed by atoms with van der Waals surface area (Å²) < 4.78 is 45.0. The molecule has 2 heterocycles. The van der Waals surface area contributed by atoms with E-state index in [0.717, 1.165) is 41.3 Å². The second-order valence-corrected chi connectivity index (χ2v) is 12.0. The molecule has 0 bridgehead atoms. The van der Waals surface area contributed by atoms with Gasteiger partial charge >= 0.3 is 12.1 Å². The summed E-state index contributed by atoms with van der Waals surface area (Å²) in [6.07, 6.45) is -2.64. The maximum absolute atomic E-state index is 14.2. The number of hydrogen-bond acceptors (Lipinski definition) is 4. The van der Waals surface area contributed by atoms with Gasteiger partial charge in [0.05, 0.1) is 23.0 Å². The molecule has 0 aliphatic heterocycles. The van der Waals surface area contributed by atoms with Gasteiger partial charge < -0.3 is 14.4 Å². The Morgan fingerprint density at radius 3 is 2.29 bits per heavy atom. The Hall–Kier alpha value is -4.92. The SMILES string of the molecule is CC(C)(C(=O)O)c1cccc(-c2ccc(CN(Cc3ccc(C(F)(F)F)o3)C(=O)c3cc(C4CC4)nc4ccccc34)cc2)c1. The van der Waals surface area contributed by atoms with Crippen LogP contribution in [0, 0.1) is 0 Å². The Morgan fingerprint density at radius 1 is 0.889 bits per heavy atom. The standard InChI is InChI=1S/C36H31F3N2O4/c1-35(2,34(43)44)26-7-5-6-25(18-26)23-12-10-22(11-13-23)20-41(21-27-16-17-32(45-27)36(37,38)39)33(42)29-19-31(24-14-15-24)40-30-9-4-3-8-28(29)30/h3-13,16-19,24H,14-15,20-21H2,1-2H3,(H,43,44). The normalized spacial score (nSPS) is 13.6. The van der Waals surface area contributed by atoms with E-state index in [1.165, 1.54) is 11.0 Å². The van der Waals surface area contributed by atoms with E-state index in [1.807, 2.05) is 72.8 Å². The molecule has 3 aromatic carbocycles. The van der Waals surface area contributed by atoms with Crippen LogP contribution in [-0.2, 0) is 29.5 Å². The number of benzene rings is 3. The third kappa shape index (κ3) is 6.34. The van der Waals surface area contributed by atoms with Crippen LogP contribution in [-0.4, -0.2) is 26.9 Å². The van der Waals surface area contributed by atoms with Gasteiger partial charge in [-0.3, -0.25) is 14.6 Å². The molecule has 1 N–H and O–H groups in total. The van der Waals surface area contributed by atoms with Crippen LogP contribution in [0.15, 0.2) is 95.4 Å². The highest BCUT2D eigenvalue weighted by molar-refractivity contribution is 6.06. The van der Waals surface area contributed by atoms with Crippen LogP contribution in [0.3, 0.4) is 0 Å². The van der Waals surface area contributed by atoms with Gasteiger partial charge in [0.25, 0.3) is 5.91 Å². The van der Waals surface area contributed by atoms with Crippen molar-refractivity contribution in [3.8, 4) is 11.1 Å². The number of nitrogens with zero attached hydrogens (tertiary/aromatic N) is 2. The predicted octanol–water partition coefficient (Wildman–Crippen LogP) is 8.60. The number of para-hydroxylation sites is 1. The number of carbonyl (C=O) groups excluding carboxylic acids is 1. The summed E-state index contributed by atoms with van der Waals surface area (Å²) in [6.45, 7) is 3.25. The van der Waals surface area contributed by atoms with E-state index in [4.69, 9.17) is 9.40 Å². The Kier molecular flexibility index (Phi) is 7.72. The number of hydrogen-bond donors (Lipinski definition) is 1. The van der Waals surface area contributed by atoms with E-state index < -0.39 is 23.3 Å². The average Bonchev–Trinajstić information content (AvgIpc) is 3.77. The van der Waals surface area contributed by atoms with Gasteiger partial charge in [0.2, 0.25) is 5.76 Å². The minimum absolute atomic E-state index is 0.0194. The molecule has 1 saturated carbocycles. The summed E-state index contributed by atoms with van der Waals surface area (Å²) in [5.74, 6) is -2.07. The molecule has 45 heavy (non-hydrogen) atoms. The lowest BCUT2D eigenvalue weighted by Gasteiger charge is -2.23. The predicted molar refractivity (Wildman–Crippen MR) is 164 cm³/mol. The lowest BCUT2D eigenvalue weighted by molar-refractivity contribution is -0.153. The lowest BCUT2D eigenvalue weighted by atomic mass is 9.83. The van der Waals surface area contributed by atoms with Crippen molar-refractivity contribution in [2.75, 3.05) is 0 Å². The average molecular weight is 613 g/mol. The first-order valence-electron chi connectivity index (χ1n) is 14.7. The van der Waals surface area contributed by atoms with Crippen LogP contribution in [0.5, 0.6) is 0 Å². The van der Waals surface area contributed by atoms with E-state index >= 15 is 0 Å². The number of aromatic nitrogens is 1. The molecule has 0 saturated heterocycles. The molecule has 0 unspecified atom stereocenters. The fourth-order valence-electron chi connectivity index (χ4n) is 5.37. The number of fused-ring (bicyclic) bond motifs is 1. The molecule has 5 aromatic rings. The Labute approximate surface area is 258 Å². The van der Waals surface area contributed by atoms with Crippen molar-refractivity contribution >= 4 is 22.8 Å². The first-order chi connectivity index (χ1) is 21.4. The fraction of sp³-hybridized carbons (Fsp3) is 0.250. The smallest absolute Gasteiger partial charge is 0.449 e. The van der Waals surface area contributed by atoms with Gasteiger partial charge in [0.15, 0.2) is 0 Å². The summed E-state index contributed by atoms with van der Waals surface area (Å²) in [6, 6.07) is 26.1. The number of pyridine rings is 1. The molecule has 0 radical (unpaired) electrons. The molecule has 6 nitrogen and oxygen atoms in total. The van der Waals surface area contributed by atoms with Crippen molar-refractivity contribution in [1.82, 2.24) is 9.88 Å². The summed E-state index contributed by atoms with van der Waals surface area (Å²) >= 11 is 0. The van der Waals surface area contributed by atoms with Crippen molar-refractivity contribution in [3.63, 3.8) is 0 Å². The van der Waals surface area contributed by atoms with E-state index in [9.17, 15) is 27.9 Å². The first-order valence-corrected chi connectivity index (χ1v) is 14.7. The molecule has 1 aliphatic rings. The molecular weight excluding hydrogens is 581 g/mol. The van der Waals surface area contributed by atoms with Crippen LogP contribution in [0.1, 0.15) is 71.3 Å². The van der Waals surface area contributed by atoms with Crippen molar-refractivity contribution in [3.05, 3.63) is 125 Å². The number of carboxylic acids is 1. The van der Waals surface area contributed by atoms with E-state index in [-0.39, 0.29) is 24.8 Å². The van der Waals surface area contributed by atoms with Gasteiger partial charge in [-0.2, -0.15) is 13.2 Å². The number of alkyl halides is 3. The Bertz CT molecular complexity index is 1890. The highest BCUT2D eigenvalue weighted by atomic mass is 19.4. The molecule has 1 aliphatic carbocycles. The first kappa shape index (κ1) is 30.1. The minimum atomic E-state index is -4.64. The van der Waals surface area contributed by atoms with Crippen LogP contribution < -0.4 is 0 Å². The van der Waals surface area contributed by atoms with Crippen LogP contribution in [0.4, 0.5) is 13.2 Å². The summed E-state index contributed by atoms with van der Waals surface area (Å²) in [4.78, 5) is 32.3. The fourth-order valence-corrected chi connectivity index (χ4v) is 5.37. The van der Waals surface area contributed by atoms with Crippen LogP contribution >= 0.6 is 0 Å². The molecular formula is C36H31F3N2O4. The van der Waals surface area contributed by atoms with Gasteiger partial charge in [0, 0.05) is 23.5 Å². The summed E-state index contributed by atoms with van der Waals surface area (Å²) in [5.41, 5.74) is 4.04. The zero-order chi connectivity index (χ0) is 31.9. The number of carbonyl (C=O) groups is 2. The van der Waals surface area contributed by atoms with Gasteiger partial charge in [-0.15, -0.1) is 0 Å². The monoisotopic (exact) mass is 612 g/mol. The van der Waals surface area contributed by atoms with E-state index in [2.05, 4.69) is 0 Å². The lowest BCUT2D eigenvalue weighted by Crippen LogP contribution is -2.30. The van der Waals surface area contributed by atoms with Gasteiger partial charge in [-0.05, 0) is 73.2 Å². The zero-order valence-corrected chi connectivity index (χ0v) is 24.8. The van der Waals surface area contributed by atoms with Gasteiger partial charge in [0.1, 0.15) is 5.76 Å². The third-order valence-electron chi connectivity index (χ3n) is 8.32. The molecule has 230 valence electrons. The molecule has 6 rings (SSSR count). The van der Waals surface area contributed by atoms with E-state index in [0.29, 0.717) is 27.9 Å². The molecule has 9 heteroatoms. The van der Waals surface area contributed by atoms with Crippen LogP contribution in [0.25, 0.3) is 22.0 Å². The topological polar surface area (TPSA) is 83.6 Å². The Balaban J connectivity index is 1.33. The number of furan rings is 1. The van der Waals surface area contributed by atoms with Crippen molar-refractivity contribution in [2.24, 2.45) is 0 Å². The Morgan fingerprint density at radius 2 is 1.62 bits per heavy atom. The van der Waals surface area contributed by atoms with E-state index in [1.54, 1.807) is 19.9 Å². The molecule has 1 amide bonds. The summed E-state index contributed by atoms with van der Waals surface area (Å²) in [7, 11) is 0. The molecule has 0 atom stereocenters. The molecule has 1 fully saturated rings. The maximum Gasteiger partial charge on any atom is 0.449 e. The summed E-state index contributed by atoms with van der Waals surface area (Å²) in [5, 5.41) is 10.3. The van der Waals surface area contributed by atoms with Gasteiger partial charge in [-0.1, -0.05) is 66.7 Å². The second kappa shape index (κ2) is 11.5.